The van der Waals surface area contributed by atoms with Crippen molar-refractivity contribution in [2.24, 2.45) is 0 Å². The zero-order valence-electron chi connectivity index (χ0n) is 14.6. The highest BCUT2D eigenvalue weighted by molar-refractivity contribution is 5.96. The lowest BCUT2D eigenvalue weighted by molar-refractivity contribution is -0.120. The van der Waals surface area contributed by atoms with E-state index in [9.17, 15) is 4.79 Å². The minimum absolute atomic E-state index is 0. The Hall–Kier alpha value is -1.30. The van der Waals surface area contributed by atoms with Gasteiger partial charge in [0.1, 0.15) is 5.75 Å². The first-order valence-electron chi connectivity index (χ1n) is 8.58. The number of amides is 1. The number of likely N-dealkylation sites (N-methyl/N-ethyl adjacent to an activating group) is 1. The van der Waals surface area contributed by atoms with Gasteiger partial charge in [-0.2, -0.15) is 0 Å². The van der Waals surface area contributed by atoms with Gasteiger partial charge in [0.15, 0.2) is 0 Å². The van der Waals surface area contributed by atoms with Crippen molar-refractivity contribution in [1.82, 2.24) is 10.2 Å². The second-order valence-corrected chi connectivity index (χ2v) is 6.51. The summed E-state index contributed by atoms with van der Waals surface area (Å²) in [6.07, 6.45) is 4.40. The minimum atomic E-state index is 0. The number of nitrogens with one attached hydrogen (secondary N) is 1. The third-order valence-electron chi connectivity index (χ3n) is 4.98. The summed E-state index contributed by atoms with van der Waals surface area (Å²) in [5.41, 5.74) is 2.28. The van der Waals surface area contributed by atoms with Crippen LogP contribution < -0.4 is 15.0 Å². The Morgan fingerprint density at radius 1 is 1.33 bits per heavy atom. The molecule has 0 aliphatic carbocycles. The van der Waals surface area contributed by atoms with Crippen molar-refractivity contribution in [3.05, 3.63) is 23.8 Å². The van der Waals surface area contributed by atoms with E-state index in [0.717, 1.165) is 50.3 Å². The number of aryl methyl sites for hydroxylation is 1. The molecule has 134 valence electrons. The van der Waals surface area contributed by atoms with Crippen LogP contribution in [0.25, 0.3) is 0 Å². The lowest BCUT2D eigenvalue weighted by atomic mass is 10.0. The number of anilines is 1. The molecule has 3 rings (SSSR count). The highest BCUT2D eigenvalue weighted by Gasteiger charge is 2.26. The normalized spacial score (nSPS) is 20.9. The average molecular weight is 354 g/mol. The molecule has 6 heteroatoms. The van der Waals surface area contributed by atoms with E-state index in [1.807, 2.05) is 24.1 Å². The summed E-state index contributed by atoms with van der Waals surface area (Å²) in [7, 11) is 3.69. The van der Waals surface area contributed by atoms with Crippen LogP contribution >= 0.6 is 12.4 Å². The molecule has 5 nitrogen and oxygen atoms in total. The number of hydrogen-bond donors (Lipinski definition) is 1. The highest BCUT2D eigenvalue weighted by Crippen LogP contribution is 2.30. The molecule has 0 saturated carbocycles. The summed E-state index contributed by atoms with van der Waals surface area (Å²) >= 11 is 0. The van der Waals surface area contributed by atoms with Crippen LogP contribution in [0.2, 0.25) is 0 Å². The maximum atomic E-state index is 12.8. The molecule has 1 N–H and O–H groups in total. The monoisotopic (exact) mass is 353 g/mol. The van der Waals surface area contributed by atoms with E-state index in [1.165, 1.54) is 12.0 Å². The molecule has 0 radical (unpaired) electrons. The number of carbonyl (C=O) groups excluding carboxylic acids is 1. The van der Waals surface area contributed by atoms with E-state index >= 15 is 0 Å². The molecular formula is C18H28ClN3O2. The summed E-state index contributed by atoms with van der Waals surface area (Å²) in [6, 6.07) is 6.54. The smallest absolute Gasteiger partial charge is 0.241 e. The number of ether oxygens (including phenoxy) is 1. The van der Waals surface area contributed by atoms with E-state index in [-0.39, 0.29) is 18.3 Å². The van der Waals surface area contributed by atoms with Gasteiger partial charge in [0, 0.05) is 24.8 Å². The van der Waals surface area contributed by atoms with Crippen LogP contribution in [0, 0.1) is 0 Å². The minimum Gasteiger partial charge on any atom is -0.497 e. The van der Waals surface area contributed by atoms with Gasteiger partial charge in [-0.15, -0.1) is 12.4 Å². The topological polar surface area (TPSA) is 44.8 Å². The molecule has 1 amide bonds. The Labute approximate surface area is 150 Å². The molecule has 0 spiro atoms. The lowest BCUT2D eigenvalue weighted by Crippen LogP contribution is -2.49. The highest BCUT2D eigenvalue weighted by atomic mass is 35.5. The molecular weight excluding hydrogens is 326 g/mol. The second-order valence-electron chi connectivity index (χ2n) is 6.51. The molecule has 1 unspecified atom stereocenters. The van der Waals surface area contributed by atoms with E-state index in [1.54, 1.807) is 7.11 Å². The summed E-state index contributed by atoms with van der Waals surface area (Å²) < 4.78 is 5.30. The van der Waals surface area contributed by atoms with E-state index in [0.29, 0.717) is 12.6 Å². The number of nitrogens with zero attached hydrogens (tertiary/aromatic N) is 2. The van der Waals surface area contributed by atoms with Crippen LogP contribution in [-0.4, -0.2) is 57.2 Å². The van der Waals surface area contributed by atoms with Crippen molar-refractivity contribution in [2.45, 2.75) is 31.7 Å². The lowest BCUT2D eigenvalue weighted by Gasteiger charge is -2.35. The fourth-order valence-corrected chi connectivity index (χ4v) is 3.67. The number of hydrogen-bond acceptors (Lipinski definition) is 4. The molecule has 0 bridgehead atoms. The van der Waals surface area contributed by atoms with Gasteiger partial charge < -0.3 is 15.0 Å². The Kier molecular flexibility index (Phi) is 6.90. The summed E-state index contributed by atoms with van der Waals surface area (Å²) in [4.78, 5) is 17.1. The fourth-order valence-electron chi connectivity index (χ4n) is 3.67. The fraction of sp³-hybridized carbons (Fsp3) is 0.611. The standard InChI is InChI=1S/C18H27N3O2.ClH/c1-19-15-6-4-9-20(12-15)13-18(22)21-10-3-5-14-11-16(23-2)7-8-17(14)21;/h7-8,11,15,19H,3-6,9-10,12-13H2,1-2H3;1H. The molecule has 1 aromatic carbocycles. The maximum Gasteiger partial charge on any atom is 0.241 e. The van der Waals surface area contributed by atoms with Crippen LogP contribution in [0.5, 0.6) is 5.75 Å². The summed E-state index contributed by atoms with van der Waals surface area (Å²) in [6.45, 7) is 3.32. The van der Waals surface area contributed by atoms with Crippen molar-refractivity contribution in [3.8, 4) is 5.75 Å². The molecule has 24 heavy (non-hydrogen) atoms. The predicted octanol–water partition coefficient (Wildman–Crippen LogP) is 2.08. The largest absolute Gasteiger partial charge is 0.497 e. The molecule has 2 aliphatic heterocycles. The van der Waals surface area contributed by atoms with Crippen LogP contribution in [-0.2, 0) is 11.2 Å². The van der Waals surface area contributed by atoms with Crippen molar-refractivity contribution in [1.29, 1.82) is 0 Å². The Morgan fingerprint density at radius 3 is 2.92 bits per heavy atom. The molecule has 2 heterocycles. The number of fused-ring (bicyclic) bond motifs is 1. The SMILES string of the molecule is CNC1CCCN(CC(=O)N2CCCc3cc(OC)ccc32)C1.Cl. The number of carbonyl (C=O) groups is 1. The molecule has 1 fully saturated rings. The van der Waals surface area contributed by atoms with Crippen molar-refractivity contribution >= 4 is 24.0 Å². The molecule has 1 atom stereocenters. The van der Waals surface area contributed by atoms with Crippen LogP contribution in [0.1, 0.15) is 24.8 Å². The van der Waals surface area contributed by atoms with Gasteiger partial charge in [-0.1, -0.05) is 0 Å². The van der Waals surface area contributed by atoms with Crippen molar-refractivity contribution in [2.75, 3.05) is 45.2 Å². The second kappa shape index (κ2) is 8.70. The number of likely N-dealkylation sites (tertiary alicyclic amines) is 1. The van der Waals surface area contributed by atoms with Gasteiger partial charge in [-0.3, -0.25) is 9.69 Å². The Balaban J connectivity index is 0.00000208. The van der Waals surface area contributed by atoms with Crippen molar-refractivity contribution < 1.29 is 9.53 Å². The first-order chi connectivity index (χ1) is 11.2. The van der Waals surface area contributed by atoms with E-state index in [2.05, 4.69) is 16.3 Å². The Bertz CT molecular complexity index is 567. The maximum absolute atomic E-state index is 12.8. The van der Waals surface area contributed by atoms with Gasteiger partial charge in [0.05, 0.1) is 13.7 Å². The number of benzene rings is 1. The van der Waals surface area contributed by atoms with Crippen LogP contribution in [0.4, 0.5) is 5.69 Å². The zero-order valence-corrected chi connectivity index (χ0v) is 15.4. The third kappa shape index (κ3) is 4.21. The number of rotatable bonds is 4. The van der Waals surface area contributed by atoms with E-state index in [4.69, 9.17) is 4.74 Å². The predicted molar refractivity (Wildman–Crippen MR) is 99.4 cm³/mol. The first kappa shape index (κ1) is 19.0. The number of halogens is 1. The van der Waals surface area contributed by atoms with Crippen LogP contribution in [0.15, 0.2) is 18.2 Å². The quantitative estimate of drug-likeness (QED) is 0.900. The third-order valence-corrected chi connectivity index (χ3v) is 4.98. The molecule has 1 saturated heterocycles. The van der Waals surface area contributed by atoms with Gasteiger partial charge in [-0.25, -0.2) is 0 Å². The van der Waals surface area contributed by atoms with Crippen LogP contribution in [0.3, 0.4) is 0 Å². The zero-order chi connectivity index (χ0) is 16.2. The van der Waals surface area contributed by atoms with Gasteiger partial charge >= 0.3 is 0 Å². The number of piperidine rings is 1. The molecule has 0 aromatic heterocycles. The summed E-state index contributed by atoms with van der Waals surface area (Å²) in [5, 5.41) is 3.33. The number of methoxy groups -OCH3 is 1. The summed E-state index contributed by atoms with van der Waals surface area (Å²) in [5.74, 6) is 1.08. The first-order valence-corrected chi connectivity index (χ1v) is 8.58. The Morgan fingerprint density at radius 2 is 2.17 bits per heavy atom. The van der Waals surface area contributed by atoms with Gasteiger partial charge in [0.2, 0.25) is 5.91 Å². The van der Waals surface area contributed by atoms with Gasteiger partial charge in [0.25, 0.3) is 0 Å². The van der Waals surface area contributed by atoms with Gasteiger partial charge in [-0.05, 0) is 63.0 Å². The van der Waals surface area contributed by atoms with Crippen molar-refractivity contribution in [3.63, 3.8) is 0 Å². The van der Waals surface area contributed by atoms with E-state index < -0.39 is 0 Å². The molecule has 1 aromatic rings. The molecule has 2 aliphatic rings. The average Bonchev–Trinajstić information content (AvgIpc) is 2.60.